The molecule has 0 spiro atoms. The van der Waals surface area contributed by atoms with E-state index in [1.165, 1.54) is 0 Å². The molecule has 24 heavy (non-hydrogen) atoms. The van der Waals surface area contributed by atoms with Gasteiger partial charge in [0.1, 0.15) is 6.04 Å². The van der Waals surface area contributed by atoms with Gasteiger partial charge in [0.2, 0.25) is 5.91 Å². The molecule has 0 radical (unpaired) electrons. The van der Waals surface area contributed by atoms with Crippen molar-refractivity contribution >= 4 is 11.8 Å². The molecule has 1 saturated heterocycles. The largest absolute Gasteiger partial charge is 0.340 e. The van der Waals surface area contributed by atoms with Crippen LogP contribution >= 0.6 is 0 Å². The molecule has 132 valence electrons. The minimum Gasteiger partial charge on any atom is -0.340 e. The molecule has 2 amide bonds. The Morgan fingerprint density at radius 3 is 2.67 bits per heavy atom. The van der Waals surface area contributed by atoms with E-state index in [1.54, 1.807) is 6.07 Å². The average Bonchev–Trinajstić information content (AvgIpc) is 2.82. The van der Waals surface area contributed by atoms with Gasteiger partial charge in [-0.05, 0) is 43.9 Å². The number of rotatable bonds is 5. The van der Waals surface area contributed by atoms with Crippen molar-refractivity contribution in [3.05, 3.63) is 35.4 Å². The second-order valence-corrected chi connectivity index (χ2v) is 6.90. The zero-order valence-electron chi connectivity index (χ0n) is 15.0. The maximum absolute atomic E-state index is 12.9. The summed E-state index contributed by atoms with van der Waals surface area (Å²) in [5, 5.41) is 6.28. The first-order valence-corrected chi connectivity index (χ1v) is 8.85. The highest BCUT2D eigenvalue weighted by molar-refractivity contribution is 5.98. The molecule has 0 bridgehead atoms. The summed E-state index contributed by atoms with van der Waals surface area (Å²) in [7, 11) is 0. The van der Waals surface area contributed by atoms with Crippen molar-refractivity contribution < 1.29 is 9.59 Å². The molecule has 0 aromatic heterocycles. The summed E-state index contributed by atoms with van der Waals surface area (Å²) in [5.41, 5.74) is 1.56. The fraction of sp³-hybridized carbons (Fsp3) is 0.579. The lowest BCUT2D eigenvalue weighted by molar-refractivity contribution is -0.133. The van der Waals surface area contributed by atoms with E-state index in [1.807, 2.05) is 30.0 Å². The zero-order valence-corrected chi connectivity index (χ0v) is 15.0. The number of nitrogens with zero attached hydrogens (tertiary/aromatic N) is 1. The van der Waals surface area contributed by atoms with Crippen molar-refractivity contribution in [1.29, 1.82) is 0 Å². The van der Waals surface area contributed by atoms with Crippen LogP contribution in [0.5, 0.6) is 0 Å². The van der Waals surface area contributed by atoms with Crippen molar-refractivity contribution in [2.75, 3.05) is 26.2 Å². The molecule has 1 aromatic carbocycles. The Hall–Kier alpha value is -1.88. The number of amides is 2. The van der Waals surface area contributed by atoms with Crippen LogP contribution in [-0.4, -0.2) is 48.9 Å². The lowest BCUT2D eigenvalue weighted by Crippen LogP contribution is -2.50. The van der Waals surface area contributed by atoms with Crippen LogP contribution < -0.4 is 10.6 Å². The van der Waals surface area contributed by atoms with Gasteiger partial charge in [-0.2, -0.15) is 0 Å². The summed E-state index contributed by atoms with van der Waals surface area (Å²) >= 11 is 0. The molecule has 1 aliphatic heterocycles. The highest BCUT2D eigenvalue weighted by Crippen LogP contribution is 2.12. The van der Waals surface area contributed by atoms with Crippen LogP contribution in [0.1, 0.15) is 42.6 Å². The molecule has 1 atom stereocenters. The fourth-order valence-electron chi connectivity index (χ4n) is 3.04. The van der Waals surface area contributed by atoms with E-state index in [0.717, 1.165) is 31.6 Å². The van der Waals surface area contributed by atoms with Gasteiger partial charge in [0.15, 0.2) is 0 Å². The molecule has 2 N–H and O–H groups in total. The van der Waals surface area contributed by atoms with Crippen molar-refractivity contribution in [3.63, 3.8) is 0 Å². The van der Waals surface area contributed by atoms with Gasteiger partial charge in [0, 0.05) is 25.2 Å². The van der Waals surface area contributed by atoms with Crippen LogP contribution in [0.3, 0.4) is 0 Å². The van der Waals surface area contributed by atoms with E-state index in [-0.39, 0.29) is 11.8 Å². The van der Waals surface area contributed by atoms with Gasteiger partial charge in [0.05, 0.1) is 0 Å². The molecule has 5 nitrogen and oxygen atoms in total. The Kier molecular flexibility index (Phi) is 6.79. The van der Waals surface area contributed by atoms with Gasteiger partial charge in [-0.15, -0.1) is 0 Å². The lowest BCUT2D eigenvalue weighted by Gasteiger charge is -2.27. The van der Waals surface area contributed by atoms with Gasteiger partial charge in [-0.3, -0.25) is 9.59 Å². The molecular weight excluding hydrogens is 302 g/mol. The summed E-state index contributed by atoms with van der Waals surface area (Å²) in [6.07, 6.45) is 1.60. The monoisotopic (exact) mass is 331 g/mol. The van der Waals surface area contributed by atoms with Gasteiger partial charge in [-0.25, -0.2) is 0 Å². The van der Waals surface area contributed by atoms with Crippen LogP contribution in [-0.2, 0) is 4.79 Å². The number of hydrogen-bond donors (Lipinski definition) is 2. The number of hydrogen-bond acceptors (Lipinski definition) is 3. The van der Waals surface area contributed by atoms with Crippen LogP contribution in [0, 0.1) is 12.8 Å². The summed E-state index contributed by atoms with van der Waals surface area (Å²) in [6.45, 7) is 9.26. The first-order valence-electron chi connectivity index (χ1n) is 8.85. The van der Waals surface area contributed by atoms with Crippen molar-refractivity contribution in [1.82, 2.24) is 15.5 Å². The SMILES string of the molecule is Cc1ccccc1C(=O)NC(CC(C)C)C(=O)N1CCCNCC1. The topological polar surface area (TPSA) is 61.4 Å². The standard InChI is InChI=1S/C19H29N3O2/c1-14(2)13-17(19(24)22-11-6-9-20-10-12-22)21-18(23)16-8-5-4-7-15(16)3/h4-5,7-8,14,17,20H,6,9-13H2,1-3H3,(H,21,23). The van der Waals surface area contributed by atoms with E-state index >= 15 is 0 Å². The minimum absolute atomic E-state index is 0.0364. The normalized spacial score (nSPS) is 16.6. The van der Waals surface area contributed by atoms with E-state index in [0.29, 0.717) is 24.4 Å². The Morgan fingerprint density at radius 1 is 1.21 bits per heavy atom. The van der Waals surface area contributed by atoms with E-state index in [2.05, 4.69) is 24.5 Å². The van der Waals surface area contributed by atoms with E-state index in [9.17, 15) is 9.59 Å². The Labute approximate surface area is 144 Å². The Bertz CT molecular complexity index is 563. The smallest absolute Gasteiger partial charge is 0.252 e. The van der Waals surface area contributed by atoms with Gasteiger partial charge in [-0.1, -0.05) is 32.0 Å². The fourth-order valence-corrected chi connectivity index (χ4v) is 3.04. The van der Waals surface area contributed by atoms with Gasteiger partial charge < -0.3 is 15.5 Å². The molecule has 1 unspecified atom stereocenters. The number of nitrogens with one attached hydrogen (secondary N) is 2. The highest BCUT2D eigenvalue weighted by atomic mass is 16.2. The maximum Gasteiger partial charge on any atom is 0.252 e. The maximum atomic E-state index is 12.9. The third kappa shape index (κ3) is 5.06. The summed E-state index contributed by atoms with van der Waals surface area (Å²) in [6, 6.07) is 7.01. The number of carbonyl (C=O) groups is 2. The first-order chi connectivity index (χ1) is 11.5. The van der Waals surface area contributed by atoms with Crippen LogP contribution in [0.25, 0.3) is 0 Å². The Balaban J connectivity index is 2.11. The summed E-state index contributed by atoms with van der Waals surface area (Å²) in [4.78, 5) is 27.4. The van der Waals surface area contributed by atoms with Crippen molar-refractivity contribution in [2.45, 2.75) is 39.7 Å². The predicted molar refractivity (Wildman–Crippen MR) is 96.0 cm³/mol. The summed E-state index contributed by atoms with van der Waals surface area (Å²) < 4.78 is 0. The number of aryl methyl sites for hydroxylation is 1. The molecule has 1 aromatic rings. The van der Waals surface area contributed by atoms with Crippen LogP contribution in [0.2, 0.25) is 0 Å². The summed E-state index contributed by atoms with van der Waals surface area (Å²) in [5.74, 6) is 0.204. The van der Waals surface area contributed by atoms with Crippen LogP contribution in [0.15, 0.2) is 24.3 Å². The van der Waals surface area contributed by atoms with Crippen molar-refractivity contribution in [3.8, 4) is 0 Å². The second kappa shape index (κ2) is 8.83. The molecule has 0 aliphatic carbocycles. The predicted octanol–water partition coefficient (Wildman–Crippen LogP) is 1.96. The molecule has 1 fully saturated rings. The Morgan fingerprint density at radius 2 is 1.96 bits per heavy atom. The molecular formula is C19H29N3O2. The molecule has 1 aliphatic rings. The van der Waals surface area contributed by atoms with Gasteiger partial charge >= 0.3 is 0 Å². The van der Waals surface area contributed by atoms with Crippen molar-refractivity contribution in [2.24, 2.45) is 5.92 Å². The third-order valence-corrected chi connectivity index (χ3v) is 4.35. The number of carbonyl (C=O) groups excluding carboxylic acids is 2. The average molecular weight is 331 g/mol. The van der Waals surface area contributed by atoms with Crippen LogP contribution in [0.4, 0.5) is 0 Å². The van der Waals surface area contributed by atoms with E-state index in [4.69, 9.17) is 0 Å². The highest BCUT2D eigenvalue weighted by Gasteiger charge is 2.27. The molecule has 0 saturated carbocycles. The number of benzene rings is 1. The first kappa shape index (κ1) is 18.5. The molecule has 2 rings (SSSR count). The second-order valence-electron chi connectivity index (χ2n) is 6.90. The zero-order chi connectivity index (χ0) is 17.5. The lowest BCUT2D eigenvalue weighted by atomic mass is 10.0. The molecule has 5 heteroatoms. The minimum atomic E-state index is -0.463. The van der Waals surface area contributed by atoms with Gasteiger partial charge in [0.25, 0.3) is 5.91 Å². The molecule has 1 heterocycles. The third-order valence-electron chi connectivity index (χ3n) is 4.35. The van der Waals surface area contributed by atoms with E-state index < -0.39 is 6.04 Å². The quantitative estimate of drug-likeness (QED) is 0.867.